The molecular weight excluding hydrogens is 439 g/mol. The highest BCUT2D eigenvalue weighted by molar-refractivity contribution is 7.10. The summed E-state index contributed by atoms with van der Waals surface area (Å²) in [6.07, 6.45) is 2.06. The van der Waals surface area contributed by atoms with Crippen molar-refractivity contribution in [3.8, 4) is 5.75 Å². The molecule has 0 radical (unpaired) electrons. The number of hydrogen-bond donors (Lipinski definition) is 0. The second-order valence-electron chi connectivity index (χ2n) is 9.49. The van der Waals surface area contributed by atoms with Crippen LogP contribution < -0.4 is 4.74 Å². The third-order valence-electron chi connectivity index (χ3n) is 5.89. The maximum Gasteiger partial charge on any atom is 0.242 e. The van der Waals surface area contributed by atoms with E-state index in [1.54, 1.807) is 39.3 Å². The molecule has 0 spiro atoms. The molecule has 0 fully saturated rings. The molecule has 1 aromatic heterocycles. The second-order valence-corrected chi connectivity index (χ2v) is 10.5. The number of amides is 2. The Morgan fingerprint density at radius 2 is 1.94 bits per heavy atom. The Kier molecular flexibility index (Phi) is 8.89. The van der Waals surface area contributed by atoms with Crippen molar-refractivity contribution < 1.29 is 18.7 Å². The summed E-state index contributed by atoms with van der Waals surface area (Å²) in [7, 11) is 0. The van der Waals surface area contributed by atoms with Gasteiger partial charge in [-0.1, -0.05) is 39.8 Å². The first kappa shape index (κ1) is 25.2. The van der Waals surface area contributed by atoms with Gasteiger partial charge in [0, 0.05) is 24.4 Å². The highest BCUT2D eigenvalue weighted by Gasteiger charge is 2.33. The molecule has 0 aliphatic carbocycles. The summed E-state index contributed by atoms with van der Waals surface area (Å²) >= 11 is 1.67. The fourth-order valence-electron chi connectivity index (χ4n) is 4.04. The predicted octanol–water partition coefficient (Wildman–Crippen LogP) is 5.31. The monoisotopic (exact) mass is 474 g/mol. The molecule has 0 bridgehead atoms. The van der Waals surface area contributed by atoms with Crippen LogP contribution in [0.5, 0.6) is 5.75 Å². The Morgan fingerprint density at radius 1 is 1.18 bits per heavy atom. The number of nitrogens with zero attached hydrogens (tertiary/aromatic N) is 2. The van der Waals surface area contributed by atoms with Crippen molar-refractivity contribution in [3.63, 3.8) is 0 Å². The molecule has 1 aliphatic rings. The number of ether oxygens (including phenoxy) is 1. The summed E-state index contributed by atoms with van der Waals surface area (Å²) in [6.45, 7) is 9.63. The lowest BCUT2D eigenvalue weighted by atomic mass is 10.00. The summed E-state index contributed by atoms with van der Waals surface area (Å²) in [6, 6.07) is 8.02. The van der Waals surface area contributed by atoms with Gasteiger partial charge in [-0.3, -0.25) is 9.59 Å². The molecule has 5 nitrogen and oxygen atoms in total. The summed E-state index contributed by atoms with van der Waals surface area (Å²) in [4.78, 5) is 31.1. The van der Waals surface area contributed by atoms with Gasteiger partial charge in [0.25, 0.3) is 0 Å². The number of halogens is 1. The first-order valence-electron chi connectivity index (χ1n) is 11.8. The highest BCUT2D eigenvalue weighted by Crippen LogP contribution is 2.34. The Labute approximate surface area is 200 Å². The van der Waals surface area contributed by atoms with Gasteiger partial charge >= 0.3 is 0 Å². The van der Waals surface area contributed by atoms with Crippen molar-refractivity contribution in [2.45, 2.75) is 53.0 Å². The van der Waals surface area contributed by atoms with E-state index >= 15 is 0 Å². The molecule has 3 rings (SSSR count). The van der Waals surface area contributed by atoms with E-state index in [0.717, 1.165) is 18.4 Å². The minimum atomic E-state index is -0.420. The number of para-hydroxylation sites is 1. The third-order valence-corrected chi connectivity index (χ3v) is 6.88. The molecule has 33 heavy (non-hydrogen) atoms. The normalized spacial score (nSPS) is 15.6. The molecule has 0 saturated heterocycles. The molecule has 2 heterocycles. The minimum absolute atomic E-state index is 0.0198. The Morgan fingerprint density at radius 3 is 2.64 bits per heavy atom. The average molecular weight is 475 g/mol. The van der Waals surface area contributed by atoms with Gasteiger partial charge in [-0.15, -0.1) is 11.3 Å². The van der Waals surface area contributed by atoms with Gasteiger partial charge in [-0.2, -0.15) is 0 Å². The number of carbonyl (C=O) groups is 2. The lowest BCUT2D eigenvalue weighted by Crippen LogP contribution is -2.48. The summed E-state index contributed by atoms with van der Waals surface area (Å²) in [5, 5.41) is 2.02. The Hall–Kier alpha value is -2.41. The molecule has 1 aliphatic heterocycles. The largest absolute Gasteiger partial charge is 0.488 e. The number of rotatable bonds is 10. The van der Waals surface area contributed by atoms with E-state index in [9.17, 15) is 14.0 Å². The third kappa shape index (κ3) is 6.79. The molecule has 1 atom stereocenters. The fourth-order valence-corrected chi connectivity index (χ4v) is 4.97. The zero-order chi connectivity index (χ0) is 24.0. The zero-order valence-corrected chi connectivity index (χ0v) is 20.9. The van der Waals surface area contributed by atoms with Crippen molar-refractivity contribution >= 4 is 23.2 Å². The summed E-state index contributed by atoms with van der Waals surface area (Å²) in [5.74, 6) is 0.370. The van der Waals surface area contributed by atoms with Crippen molar-refractivity contribution in [2.75, 3.05) is 26.2 Å². The lowest BCUT2D eigenvalue weighted by Gasteiger charge is -2.37. The van der Waals surface area contributed by atoms with Gasteiger partial charge in [-0.25, -0.2) is 4.39 Å². The first-order valence-corrected chi connectivity index (χ1v) is 12.6. The molecular formula is C26H35FN2O3S. The van der Waals surface area contributed by atoms with Crippen LogP contribution in [-0.2, 0) is 16.0 Å². The molecule has 0 saturated carbocycles. The quantitative estimate of drug-likeness (QED) is 0.469. The average Bonchev–Trinajstić information content (AvgIpc) is 3.24. The molecule has 0 N–H and O–H groups in total. The second kappa shape index (κ2) is 11.6. The van der Waals surface area contributed by atoms with Crippen LogP contribution in [0.1, 0.15) is 57.0 Å². The fraction of sp³-hybridized carbons (Fsp3) is 0.538. The van der Waals surface area contributed by atoms with Gasteiger partial charge < -0.3 is 14.5 Å². The van der Waals surface area contributed by atoms with E-state index in [1.165, 1.54) is 10.9 Å². The van der Waals surface area contributed by atoms with Gasteiger partial charge in [-0.05, 0) is 53.8 Å². The van der Waals surface area contributed by atoms with E-state index in [-0.39, 0.29) is 42.7 Å². The van der Waals surface area contributed by atoms with Gasteiger partial charge in [0.05, 0.1) is 12.6 Å². The number of fused-ring (bicyclic) bond motifs is 1. The molecule has 2 aromatic rings. The summed E-state index contributed by atoms with van der Waals surface area (Å²) < 4.78 is 19.9. The standard InChI is InChI=1S/C26H35FN2O3S/c1-18(2)9-12-28(25(30)15-19(3)4)16-26(31)29-13-10-24-20(11-14-33-24)22(29)17-32-23-8-6-5-7-21(23)27/h5-8,11,14,18-19,22H,9-10,12-13,15-17H2,1-4H3/t22-/m0/s1. The molecule has 180 valence electrons. The summed E-state index contributed by atoms with van der Waals surface area (Å²) in [5.41, 5.74) is 1.05. The maximum absolute atomic E-state index is 14.1. The van der Waals surface area contributed by atoms with E-state index in [0.29, 0.717) is 25.4 Å². The molecule has 0 unspecified atom stereocenters. The molecule has 2 amide bonds. The first-order chi connectivity index (χ1) is 15.8. The van der Waals surface area contributed by atoms with Crippen LogP contribution in [-0.4, -0.2) is 47.9 Å². The van der Waals surface area contributed by atoms with E-state index in [4.69, 9.17) is 4.74 Å². The number of benzene rings is 1. The minimum Gasteiger partial charge on any atom is -0.488 e. The highest BCUT2D eigenvalue weighted by atomic mass is 32.1. The maximum atomic E-state index is 14.1. The number of carbonyl (C=O) groups excluding carboxylic acids is 2. The predicted molar refractivity (Wildman–Crippen MR) is 130 cm³/mol. The number of hydrogen-bond acceptors (Lipinski definition) is 4. The van der Waals surface area contributed by atoms with Crippen molar-refractivity contribution in [1.82, 2.24) is 9.80 Å². The van der Waals surface area contributed by atoms with Crippen molar-refractivity contribution in [3.05, 3.63) is 52.0 Å². The van der Waals surface area contributed by atoms with Crippen LogP contribution in [0.2, 0.25) is 0 Å². The van der Waals surface area contributed by atoms with Crippen LogP contribution in [0, 0.1) is 17.7 Å². The van der Waals surface area contributed by atoms with E-state index in [2.05, 4.69) is 13.8 Å². The van der Waals surface area contributed by atoms with Gasteiger partial charge in [0.2, 0.25) is 11.8 Å². The van der Waals surface area contributed by atoms with Crippen LogP contribution in [0.3, 0.4) is 0 Å². The topological polar surface area (TPSA) is 49.9 Å². The number of thiophene rings is 1. The van der Waals surface area contributed by atoms with Crippen molar-refractivity contribution in [1.29, 1.82) is 0 Å². The Balaban J connectivity index is 1.76. The SMILES string of the molecule is CC(C)CCN(CC(=O)N1CCc2sccc2[C@@H]1COc1ccccc1F)C(=O)CC(C)C. The zero-order valence-electron chi connectivity index (χ0n) is 20.1. The van der Waals surface area contributed by atoms with Crippen molar-refractivity contribution in [2.24, 2.45) is 11.8 Å². The van der Waals surface area contributed by atoms with Crippen LogP contribution >= 0.6 is 11.3 Å². The van der Waals surface area contributed by atoms with E-state index in [1.807, 2.05) is 25.3 Å². The lowest BCUT2D eigenvalue weighted by molar-refractivity contribution is -0.143. The smallest absolute Gasteiger partial charge is 0.242 e. The van der Waals surface area contributed by atoms with E-state index < -0.39 is 5.82 Å². The van der Waals surface area contributed by atoms with Gasteiger partial charge in [0.15, 0.2) is 11.6 Å². The van der Waals surface area contributed by atoms with Gasteiger partial charge in [0.1, 0.15) is 6.61 Å². The molecule has 7 heteroatoms. The molecule has 1 aromatic carbocycles. The van der Waals surface area contributed by atoms with Crippen LogP contribution in [0.15, 0.2) is 35.7 Å². The Bertz CT molecular complexity index is 943. The van der Waals surface area contributed by atoms with Crippen LogP contribution in [0.4, 0.5) is 4.39 Å². The van der Waals surface area contributed by atoms with Crippen LogP contribution in [0.25, 0.3) is 0 Å².